The predicted molar refractivity (Wildman–Crippen MR) is 193 cm³/mol. The number of aliphatic hydroxyl groups is 1. The van der Waals surface area contributed by atoms with Crippen molar-refractivity contribution < 1.29 is 9.84 Å². The summed E-state index contributed by atoms with van der Waals surface area (Å²) in [6.07, 6.45) is 0. The van der Waals surface area contributed by atoms with Gasteiger partial charge in [-0.05, 0) is 94.5 Å². The van der Waals surface area contributed by atoms with E-state index in [9.17, 15) is 5.11 Å². The highest BCUT2D eigenvalue weighted by Gasteiger charge is 2.25. The summed E-state index contributed by atoms with van der Waals surface area (Å²) in [5, 5.41) is 17.1. The molecule has 0 saturated carbocycles. The lowest BCUT2D eigenvalue weighted by molar-refractivity contribution is 0.282. The Morgan fingerprint density at radius 3 is 1.07 bits per heavy atom. The number of aliphatic hydroxyl groups excluding tert-OH is 1. The van der Waals surface area contributed by atoms with Crippen molar-refractivity contribution >= 4 is 32.3 Å². The average Bonchev–Trinajstić information content (AvgIpc) is 3.13. The zero-order chi connectivity index (χ0) is 31.0. The first-order valence-corrected chi connectivity index (χ1v) is 15.7. The third-order valence-electron chi connectivity index (χ3n) is 9.11. The summed E-state index contributed by atoms with van der Waals surface area (Å²) < 4.78 is 5.59. The number of ether oxygens (including phenoxy) is 1. The summed E-state index contributed by atoms with van der Waals surface area (Å²) in [5.41, 5.74) is 10.3. The van der Waals surface area contributed by atoms with Crippen molar-refractivity contribution in [2.24, 2.45) is 0 Å². The van der Waals surface area contributed by atoms with Gasteiger partial charge in [0.25, 0.3) is 0 Å². The molecule has 8 aromatic carbocycles. The van der Waals surface area contributed by atoms with Crippen molar-refractivity contribution in [2.45, 2.75) is 6.61 Å². The molecule has 0 spiro atoms. The number of hydrogen-bond donors (Lipinski definition) is 1. The van der Waals surface area contributed by atoms with Crippen LogP contribution in [0.5, 0.6) is 5.75 Å². The van der Waals surface area contributed by atoms with Gasteiger partial charge in [0, 0.05) is 0 Å². The summed E-state index contributed by atoms with van der Waals surface area (Å²) in [6.45, 7) is 0.0102. The molecule has 0 saturated heterocycles. The van der Waals surface area contributed by atoms with Gasteiger partial charge in [-0.25, -0.2) is 0 Å². The highest BCUT2D eigenvalue weighted by molar-refractivity contribution is 6.33. The van der Waals surface area contributed by atoms with Gasteiger partial charge in [0.2, 0.25) is 0 Å². The Kier molecular flexibility index (Phi) is 7.05. The second-order valence-electron chi connectivity index (χ2n) is 11.7. The van der Waals surface area contributed by atoms with E-state index in [1.807, 2.05) is 12.1 Å². The van der Waals surface area contributed by atoms with Gasteiger partial charge in [-0.2, -0.15) is 0 Å². The zero-order valence-corrected chi connectivity index (χ0v) is 25.6. The lowest BCUT2D eigenvalue weighted by Gasteiger charge is -2.25. The maximum absolute atomic E-state index is 9.91. The quantitative estimate of drug-likeness (QED) is 0.195. The molecule has 2 nitrogen and oxygen atoms in total. The first-order valence-electron chi connectivity index (χ1n) is 15.7. The number of benzene rings is 8. The third kappa shape index (κ3) is 4.54. The minimum Gasteiger partial charge on any atom is -0.497 e. The standard InChI is InChI=1S/C44H32O2/c1-46-34-26-24-33(25-27-34)42-38-19-11-9-17-36(38)39(30-12-4-2-5-13-30)43-41(32-22-20-29(28-45)21-23-32)37-18-10-8-16-35(37)40(44(42)43)31-14-6-3-7-15-31/h2-27,45H,28H2,1H3. The molecule has 0 fully saturated rings. The fourth-order valence-electron chi connectivity index (χ4n) is 7.07. The molecule has 0 heterocycles. The van der Waals surface area contributed by atoms with Crippen LogP contribution in [0.4, 0.5) is 0 Å². The number of hydrogen-bond acceptors (Lipinski definition) is 2. The first-order chi connectivity index (χ1) is 22.8. The normalized spacial score (nSPS) is 11.3. The van der Waals surface area contributed by atoms with Gasteiger partial charge >= 0.3 is 0 Å². The SMILES string of the molecule is COc1ccc(-c2c3ccccc3c(-c3ccccc3)c3c(-c4ccc(CO)cc4)c4ccccc4c(-c4ccccc4)c23)cc1. The fraction of sp³-hybridized carbons (Fsp3) is 0.0455. The average molecular weight is 593 g/mol. The van der Waals surface area contributed by atoms with E-state index in [-0.39, 0.29) is 6.61 Å². The van der Waals surface area contributed by atoms with Gasteiger partial charge < -0.3 is 9.84 Å². The monoisotopic (exact) mass is 592 g/mol. The number of rotatable bonds is 6. The van der Waals surface area contributed by atoms with Crippen LogP contribution in [0.2, 0.25) is 0 Å². The highest BCUT2D eigenvalue weighted by atomic mass is 16.5. The lowest BCUT2D eigenvalue weighted by atomic mass is 9.77. The van der Waals surface area contributed by atoms with E-state index < -0.39 is 0 Å². The van der Waals surface area contributed by atoms with Gasteiger partial charge in [-0.15, -0.1) is 0 Å². The number of fused-ring (bicyclic) bond motifs is 3. The molecular weight excluding hydrogens is 560 g/mol. The van der Waals surface area contributed by atoms with Gasteiger partial charge in [0.1, 0.15) is 5.75 Å². The molecule has 2 heteroatoms. The van der Waals surface area contributed by atoms with E-state index in [2.05, 4.69) is 146 Å². The summed E-state index contributed by atoms with van der Waals surface area (Å²) in [5.74, 6) is 0.830. The highest BCUT2D eigenvalue weighted by Crippen LogP contribution is 2.53. The molecule has 220 valence electrons. The summed E-state index contributed by atoms with van der Waals surface area (Å²) in [4.78, 5) is 0. The third-order valence-corrected chi connectivity index (χ3v) is 9.11. The van der Waals surface area contributed by atoms with E-state index in [1.54, 1.807) is 7.11 Å². The molecule has 0 unspecified atom stereocenters. The Balaban J connectivity index is 1.71. The minimum atomic E-state index is 0.0102. The molecule has 0 aliphatic rings. The van der Waals surface area contributed by atoms with Crippen LogP contribution in [0, 0.1) is 0 Å². The molecular formula is C44H32O2. The molecule has 0 radical (unpaired) electrons. The van der Waals surface area contributed by atoms with Crippen LogP contribution in [0.3, 0.4) is 0 Å². The molecule has 0 aromatic heterocycles. The van der Waals surface area contributed by atoms with Crippen LogP contribution in [0.1, 0.15) is 5.56 Å². The Morgan fingerprint density at radius 2 is 0.717 bits per heavy atom. The van der Waals surface area contributed by atoms with E-state index in [4.69, 9.17) is 4.74 Å². The van der Waals surface area contributed by atoms with E-state index in [0.29, 0.717) is 0 Å². The molecule has 8 aromatic rings. The summed E-state index contributed by atoms with van der Waals surface area (Å²) >= 11 is 0. The van der Waals surface area contributed by atoms with Gasteiger partial charge in [-0.3, -0.25) is 0 Å². The van der Waals surface area contributed by atoms with E-state index in [1.165, 1.54) is 65.7 Å². The summed E-state index contributed by atoms with van der Waals surface area (Å²) in [6, 6.07) is 56.1. The lowest BCUT2D eigenvalue weighted by Crippen LogP contribution is -1.98. The van der Waals surface area contributed by atoms with Gasteiger partial charge in [0.05, 0.1) is 13.7 Å². The van der Waals surface area contributed by atoms with Crippen LogP contribution in [-0.4, -0.2) is 12.2 Å². The van der Waals surface area contributed by atoms with Crippen molar-refractivity contribution in [1.29, 1.82) is 0 Å². The Hall–Kier alpha value is -5.70. The van der Waals surface area contributed by atoms with Crippen LogP contribution < -0.4 is 4.74 Å². The second-order valence-corrected chi connectivity index (χ2v) is 11.7. The van der Waals surface area contributed by atoms with Crippen molar-refractivity contribution in [3.63, 3.8) is 0 Å². The molecule has 0 aliphatic heterocycles. The van der Waals surface area contributed by atoms with Crippen molar-refractivity contribution in [3.05, 3.63) is 163 Å². The molecule has 8 rings (SSSR count). The maximum Gasteiger partial charge on any atom is 0.118 e. The van der Waals surface area contributed by atoms with Crippen molar-refractivity contribution in [2.75, 3.05) is 7.11 Å². The van der Waals surface area contributed by atoms with Crippen LogP contribution in [0.15, 0.2) is 158 Å². The van der Waals surface area contributed by atoms with Gasteiger partial charge in [-0.1, -0.05) is 146 Å². The second kappa shape index (κ2) is 11.7. The predicted octanol–water partition coefficient (Wildman–Crippen LogP) is 11.3. The van der Waals surface area contributed by atoms with Crippen LogP contribution in [0.25, 0.3) is 76.8 Å². The minimum absolute atomic E-state index is 0.0102. The number of methoxy groups -OCH3 is 1. The van der Waals surface area contributed by atoms with Crippen molar-refractivity contribution in [3.8, 4) is 50.3 Å². The molecule has 0 aliphatic carbocycles. The van der Waals surface area contributed by atoms with Gasteiger partial charge in [0.15, 0.2) is 0 Å². The smallest absolute Gasteiger partial charge is 0.118 e. The molecule has 0 bridgehead atoms. The fourth-order valence-corrected chi connectivity index (χ4v) is 7.07. The van der Waals surface area contributed by atoms with E-state index >= 15 is 0 Å². The molecule has 46 heavy (non-hydrogen) atoms. The zero-order valence-electron chi connectivity index (χ0n) is 25.6. The maximum atomic E-state index is 9.91. The molecule has 1 N–H and O–H groups in total. The Bertz CT molecular complexity index is 2170. The molecule has 0 atom stereocenters. The van der Waals surface area contributed by atoms with Crippen LogP contribution >= 0.6 is 0 Å². The Morgan fingerprint density at radius 1 is 0.391 bits per heavy atom. The topological polar surface area (TPSA) is 29.5 Å². The Labute approximate surface area is 268 Å². The van der Waals surface area contributed by atoms with E-state index in [0.717, 1.165) is 22.4 Å². The largest absolute Gasteiger partial charge is 0.497 e. The summed E-state index contributed by atoms with van der Waals surface area (Å²) in [7, 11) is 1.71. The van der Waals surface area contributed by atoms with Crippen LogP contribution in [-0.2, 0) is 6.61 Å². The molecule has 0 amide bonds. The van der Waals surface area contributed by atoms with Crippen molar-refractivity contribution in [1.82, 2.24) is 0 Å². The first kappa shape index (κ1) is 27.8.